The molecule has 0 amide bonds. The molecule has 1 aromatic carbocycles. The topological polar surface area (TPSA) is 44.1 Å². The number of rotatable bonds is 4. The Hall–Kier alpha value is -1.88. The number of halogens is 2. The SMILES string of the molecule is CCOC(=O)c1ccn(Cc2ccc(Cl)cc2F)n1. The molecule has 6 heteroatoms. The first-order valence-corrected chi connectivity index (χ1v) is 6.12. The highest BCUT2D eigenvalue weighted by Crippen LogP contribution is 2.15. The zero-order valence-electron chi connectivity index (χ0n) is 10.3. The van der Waals surface area contributed by atoms with Gasteiger partial charge in [-0.3, -0.25) is 4.68 Å². The van der Waals surface area contributed by atoms with Gasteiger partial charge in [0.1, 0.15) is 5.82 Å². The summed E-state index contributed by atoms with van der Waals surface area (Å²) in [7, 11) is 0. The number of aromatic nitrogens is 2. The van der Waals surface area contributed by atoms with Gasteiger partial charge in [-0.05, 0) is 25.1 Å². The summed E-state index contributed by atoms with van der Waals surface area (Å²) >= 11 is 5.68. The van der Waals surface area contributed by atoms with Gasteiger partial charge in [0.2, 0.25) is 0 Å². The number of carbonyl (C=O) groups excluding carboxylic acids is 1. The van der Waals surface area contributed by atoms with Crippen molar-refractivity contribution in [1.29, 1.82) is 0 Å². The van der Waals surface area contributed by atoms with Gasteiger partial charge < -0.3 is 4.74 Å². The molecule has 0 aliphatic heterocycles. The van der Waals surface area contributed by atoms with Gasteiger partial charge in [-0.2, -0.15) is 5.10 Å². The Kier molecular flexibility index (Phi) is 4.16. The second-order valence-corrected chi connectivity index (χ2v) is 4.29. The lowest BCUT2D eigenvalue weighted by Crippen LogP contribution is -2.08. The first-order chi connectivity index (χ1) is 9.10. The molecular weight excluding hydrogens is 271 g/mol. The van der Waals surface area contributed by atoms with Crippen LogP contribution in [0.2, 0.25) is 5.02 Å². The summed E-state index contributed by atoms with van der Waals surface area (Å²) in [6.07, 6.45) is 1.60. The predicted octanol–water partition coefficient (Wildman–Crippen LogP) is 2.90. The number of ether oxygens (including phenoxy) is 1. The minimum absolute atomic E-state index is 0.205. The summed E-state index contributed by atoms with van der Waals surface area (Å²) in [5, 5.41) is 4.37. The van der Waals surface area contributed by atoms with Crippen LogP contribution in [0.5, 0.6) is 0 Å². The standard InChI is InChI=1S/C13H12ClFN2O2/c1-2-19-13(18)12-5-6-17(16-12)8-9-3-4-10(14)7-11(9)15/h3-7H,2,8H2,1H3. The summed E-state index contributed by atoms with van der Waals surface area (Å²) in [6, 6.07) is 5.97. The lowest BCUT2D eigenvalue weighted by Gasteiger charge is -2.04. The van der Waals surface area contributed by atoms with Gasteiger partial charge in [0.15, 0.2) is 5.69 Å². The van der Waals surface area contributed by atoms with E-state index in [1.54, 1.807) is 25.3 Å². The maximum absolute atomic E-state index is 13.6. The van der Waals surface area contributed by atoms with Gasteiger partial charge in [-0.15, -0.1) is 0 Å². The fraction of sp³-hybridized carbons (Fsp3) is 0.231. The van der Waals surface area contributed by atoms with E-state index in [1.165, 1.54) is 16.8 Å². The van der Waals surface area contributed by atoms with Crippen LogP contribution in [-0.4, -0.2) is 22.4 Å². The minimum Gasteiger partial charge on any atom is -0.461 e. The quantitative estimate of drug-likeness (QED) is 0.810. The van der Waals surface area contributed by atoms with Crippen LogP contribution in [0, 0.1) is 5.82 Å². The molecule has 19 heavy (non-hydrogen) atoms. The van der Waals surface area contributed by atoms with Crippen LogP contribution < -0.4 is 0 Å². The van der Waals surface area contributed by atoms with Crippen molar-refractivity contribution in [3.63, 3.8) is 0 Å². The average molecular weight is 283 g/mol. The molecule has 0 aliphatic rings. The molecule has 4 nitrogen and oxygen atoms in total. The largest absolute Gasteiger partial charge is 0.461 e. The zero-order chi connectivity index (χ0) is 13.8. The Bertz CT molecular complexity index is 598. The fourth-order valence-electron chi connectivity index (χ4n) is 1.59. The van der Waals surface area contributed by atoms with E-state index in [0.717, 1.165) is 0 Å². The third-order valence-electron chi connectivity index (χ3n) is 2.47. The van der Waals surface area contributed by atoms with Gasteiger partial charge in [-0.1, -0.05) is 17.7 Å². The molecule has 1 aromatic heterocycles. The van der Waals surface area contributed by atoms with Crippen LogP contribution in [0.4, 0.5) is 4.39 Å². The van der Waals surface area contributed by atoms with E-state index in [0.29, 0.717) is 10.6 Å². The predicted molar refractivity (Wildman–Crippen MR) is 68.7 cm³/mol. The fourth-order valence-corrected chi connectivity index (χ4v) is 1.75. The van der Waals surface area contributed by atoms with Crippen molar-refractivity contribution in [3.05, 3.63) is 52.6 Å². The van der Waals surface area contributed by atoms with Crippen molar-refractivity contribution in [2.24, 2.45) is 0 Å². The summed E-state index contributed by atoms with van der Waals surface area (Å²) < 4.78 is 19.9. The normalized spacial score (nSPS) is 10.5. The van der Waals surface area contributed by atoms with Crippen LogP contribution in [0.15, 0.2) is 30.5 Å². The van der Waals surface area contributed by atoms with E-state index in [-0.39, 0.29) is 18.8 Å². The molecule has 0 spiro atoms. The summed E-state index contributed by atoms with van der Waals surface area (Å²) in [6.45, 7) is 2.23. The van der Waals surface area contributed by atoms with Crippen molar-refractivity contribution in [2.75, 3.05) is 6.61 Å². The van der Waals surface area contributed by atoms with E-state index in [2.05, 4.69) is 5.10 Å². The number of hydrogen-bond donors (Lipinski definition) is 0. The summed E-state index contributed by atoms with van der Waals surface area (Å²) in [4.78, 5) is 11.4. The molecule has 0 aliphatic carbocycles. The summed E-state index contributed by atoms with van der Waals surface area (Å²) in [5.74, 6) is -0.890. The maximum atomic E-state index is 13.6. The van der Waals surface area contributed by atoms with Gasteiger partial charge in [0.05, 0.1) is 13.2 Å². The van der Waals surface area contributed by atoms with Crippen LogP contribution in [-0.2, 0) is 11.3 Å². The number of nitrogens with zero attached hydrogens (tertiary/aromatic N) is 2. The van der Waals surface area contributed by atoms with E-state index in [1.807, 2.05) is 0 Å². The number of hydrogen-bond acceptors (Lipinski definition) is 3. The van der Waals surface area contributed by atoms with Gasteiger partial charge in [0, 0.05) is 16.8 Å². The molecule has 0 N–H and O–H groups in total. The van der Waals surface area contributed by atoms with Crippen molar-refractivity contribution in [1.82, 2.24) is 9.78 Å². The molecule has 0 bridgehead atoms. The number of carbonyl (C=O) groups is 1. The molecule has 0 radical (unpaired) electrons. The molecule has 0 saturated carbocycles. The minimum atomic E-state index is -0.488. The average Bonchev–Trinajstić information content (AvgIpc) is 2.82. The Balaban J connectivity index is 2.13. The number of esters is 1. The highest BCUT2D eigenvalue weighted by Gasteiger charge is 2.11. The van der Waals surface area contributed by atoms with Crippen molar-refractivity contribution < 1.29 is 13.9 Å². The van der Waals surface area contributed by atoms with Crippen molar-refractivity contribution >= 4 is 17.6 Å². The Morgan fingerprint density at radius 3 is 2.95 bits per heavy atom. The van der Waals surface area contributed by atoms with E-state index in [4.69, 9.17) is 16.3 Å². The molecule has 0 atom stereocenters. The van der Waals surface area contributed by atoms with E-state index >= 15 is 0 Å². The number of benzene rings is 1. The lowest BCUT2D eigenvalue weighted by atomic mass is 10.2. The summed E-state index contributed by atoms with van der Waals surface area (Å²) in [5.41, 5.74) is 0.652. The zero-order valence-corrected chi connectivity index (χ0v) is 11.0. The van der Waals surface area contributed by atoms with E-state index in [9.17, 15) is 9.18 Å². The lowest BCUT2D eigenvalue weighted by molar-refractivity contribution is 0.0518. The molecular formula is C13H12ClFN2O2. The Morgan fingerprint density at radius 2 is 2.26 bits per heavy atom. The van der Waals surface area contributed by atoms with E-state index < -0.39 is 11.8 Å². The third kappa shape index (κ3) is 3.32. The molecule has 100 valence electrons. The van der Waals surface area contributed by atoms with Gasteiger partial charge in [-0.25, -0.2) is 9.18 Å². The van der Waals surface area contributed by atoms with Crippen LogP contribution in [0.25, 0.3) is 0 Å². The van der Waals surface area contributed by atoms with Crippen molar-refractivity contribution in [2.45, 2.75) is 13.5 Å². The second kappa shape index (κ2) is 5.84. The van der Waals surface area contributed by atoms with Crippen molar-refractivity contribution in [3.8, 4) is 0 Å². The Labute approximate surface area is 114 Å². The van der Waals surface area contributed by atoms with Gasteiger partial charge in [0.25, 0.3) is 0 Å². The highest BCUT2D eigenvalue weighted by atomic mass is 35.5. The van der Waals surface area contributed by atoms with Crippen LogP contribution >= 0.6 is 11.6 Å². The molecule has 0 unspecified atom stereocenters. The Morgan fingerprint density at radius 1 is 1.47 bits per heavy atom. The molecule has 1 heterocycles. The third-order valence-corrected chi connectivity index (χ3v) is 2.71. The molecule has 0 saturated heterocycles. The monoisotopic (exact) mass is 282 g/mol. The molecule has 0 fully saturated rings. The molecule has 2 rings (SSSR count). The first-order valence-electron chi connectivity index (χ1n) is 5.74. The highest BCUT2D eigenvalue weighted by molar-refractivity contribution is 6.30. The maximum Gasteiger partial charge on any atom is 0.358 e. The smallest absolute Gasteiger partial charge is 0.358 e. The molecule has 2 aromatic rings. The van der Waals surface area contributed by atoms with Crippen LogP contribution in [0.3, 0.4) is 0 Å². The van der Waals surface area contributed by atoms with Crippen LogP contribution in [0.1, 0.15) is 23.0 Å². The first kappa shape index (κ1) is 13.5. The second-order valence-electron chi connectivity index (χ2n) is 3.85. The van der Waals surface area contributed by atoms with Gasteiger partial charge >= 0.3 is 5.97 Å².